The lowest BCUT2D eigenvalue weighted by Crippen LogP contribution is -2.36. The first-order valence-electron chi connectivity index (χ1n) is 7.61. The zero-order chi connectivity index (χ0) is 13.3. The lowest BCUT2D eigenvalue weighted by Gasteiger charge is -2.29. The van der Waals surface area contributed by atoms with Crippen LogP contribution in [-0.4, -0.2) is 40.7 Å². The molecule has 4 heteroatoms. The van der Waals surface area contributed by atoms with Crippen molar-refractivity contribution in [1.29, 1.82) is 0 Å². The third-order valence-electron chi connectivity index (χ3n) is 5.52. The zero-order valence-electron chi connectivity index (χ0n) is 11.7. The fourth-order valence-electron chi connectivity index (χ4n) is 4.67. The van der Waals surface area contributed by atoms with E-state index >= 15 is 0 Å². The number of ether oxygens (including phenoxy) is 1. The number of imidazole rings is 1. The summed E-state index contributed by atoms with van der Waals surface area (Å²) in [5, 5.41) is 0. The van der Waals surface area contributed by atoms with Crippen LogP contribution in [0.4, 0.5) is 0 Å². The molecule has 0 amide bonds. The number of nitrogens with zero attached hydrogens (tertiary/aromatic N) is 3. The minimum atomic E-state index is 0.648. The van der Waals surface area contributed by atoms with Crippen molar-refractivity contribution in [2.24, 2.45) is 5.92 Å². The second-order valence-electron chi connectivity index (χ2n) is 6.48. The topological polar surface area (TPSA) is 30.3 Å². The summed E-state index contributed by atoms with van der Waals surface area (Å²) in [6.07, 6.45) is 2.72. The van der Waals surface area contributed by atoms with Gasteiger partial charge in [-0.15, -0.1) is 0 Å². The molecule has 5 rings (SSSR count). The van der Waals surface area contributed by atoms with E-state index in [0.29, 0.717) is 5.92 Å². The van der Waals surface area contributed by atoms with Gasteiger partial charge in [0.1, 0.15) is 11.6 Å². The van der Waals surface area contributed by atoms with E-state index in [2.05, 4.69) is 21.6 Å². The maximum absolute atomic E-state index is 5.38. The lowest BCUT2D eigenvalue weighted by molar-refractivity contribution is 0.200. The summed E-state index contributed by atoms with van der Waals surface area (Å²) in [6, 6.07) is 7.00. The second kappa shape index (κ2) is 3.76. The molecule has 0 unspecified atom stereocenters. The Labute approximate surface area is 118 Å². The van der Waals surface area contributed by atoms with E-state index < -0.39 is 0 Å². The minimum absolute atomic E-state index is 0.648. The Morgan fingerprint density at radius 1 is 1.25 bits per heavy atom. The third kappa shape index (κ3) is 1.32. The quantitative estimate of drug-likeness (QED) is 0.795. The summed E-state index contributed by atoms with van der Waals surface area (Å²) >= 11 is 0. The van der Waals surface area contributed by atoms with Gasteiger partial charge in [-0.25, -0.2) is 4.98 Å². The molecule has 1 aromatic heterocycles. The van der Waals surface area contributed by atoms with Crippen molar-refractivity contribution in [3.63, 3.8) is 0 Å². The van der Waals surface area contributed by atoms with Crippen LogP contribution in [0.5, 0.6) is 5.75 Å². The van der Waals surface area contributed by atoms with Crippen molar-refractivity contribution >= 4 is 11.0 Å². The molecule has 0 N–H and O–H groups in total. The summed E-state index contributed by atoms with van der Waals surface area (Å²) in [6.45, 7) is 3.55. The van der Waals surface area contributed by atoms with Crippen LogP contribution in [0.3, 0.4) is 0 Å². The standard InChI is InChI=1S/C16H19N3O/c1-20-11-2-3-13-15(8-11)19-5-4-18-9-10-6-12(14(18)7-10)16(19)17-13/h2-3,8,10,12,14H,4-7,9H2,1H3/t10-,12+,14-/m0/s1. The Hall–Kier alpha value is -1.55. The monoisotopic (exact) mass is 269 g/mol. The third-order valence-corrected chi connectivity index (χ3v) is 5.52. The summed E-state index contributed by atoms with van der Waals surface area (Å²) in [5.74, 6) is 3.81. The van der Waals surface area contributed by atoms with Crippen molar-refractivity contribution in [2.75, 3.05) is 20.2 Å². The predicted molar refractivity (Wildman–Crippen MR) is 77.1 cm³/mol. The molecule has 2 aliphatic heterocycles. The molecule has 0 radical (unpaired) electrons. The zero-order valence-corrected chi connectivity index (χ0v) is 11.7. The smallest absolute Gasteiger partial charge is 0.121 e. The van der Waals surface area contributed by atoms with Crippen LogP contribution < -0.4 is 4.74 Å². The number of aromatic nitrogens is 2. The molecule has 3 atom stereocenters. The van der Waals surface area contributed by atoms with Gasteiger partial charge < -0.3 is 9.30 Å². The number of methoxy groups -OCH3 is 1. The fraction of sp³-hybridized carbons (Fsp3) is 0.562. The van der Waals surface area contributed by atoms with E-state index in [4.69, 9.17) is 9.72 Å². The average molecular weight is 269 g/mol. The molecular formula is C16H19N3O. The van der Waals surface area contributed by atoms with Crippen molar-refractivity contribution in [3.05, 3.63) is 24.0 Å². The first-order chi connectivity index (χ1) is 9.83. The first kappa shape index (κ1) is 11.1. The van der Waals surface area contributed by atoms with E-state index in [0.717, 1.165) is 29.8 Å². The molecule has 20 heavy (non-hydrogen) atoms. The number of fused-ring (bicyclic) bond motifs is 5. The van der Waals surface area contributed by atoms with Gasteiger partial charge in [0.15, 0.2) is 0 Å². The van der Waals surface area contributed by atoms with Crippen LogP contribution in [0.15, 0.2) is 18.2 Å². The highest BCUT2D eigenvalue weighted by Gasteiger charge is 2.48. The predicted octanol–water partition coefficient (Wildman–Crippen LogP) is 2.24. The van der Waals surface area contributed by atoms with Gasteiger partial charge in [0, 0.05) is 37.7 Å². The van der Waals surface area contributed by atoms with Gasteiger partial charge in [0.2, 0.25) is 0 Å². The van der Waals surface area contributed by atoms with E-state index in [1.54, 1.807) is 7.11 Å². The van der Waals surface area contributed by atoms with Crippen molar-refractivity contribution in [3.8, 4) is 5.75 Å². The molecule has 0 spiro atoms. The summed E-state index contributed by atoms with van der Waals surface area (Å²) in [5.41, 5.74) is 2.36. The Bertz CT molecular complexity index is 692. The molecule has 104 valence electrons. The van der Waals surface area contributed by atoms with Crippen molar-refractivity contribution < 1.29 is 4.74 Å². The van der Waals surface area contributed by atoms with E-state index in [-0.39, 0.29) is 0 Å². The highest BCUT2D eigenvalue weighted by atomic mass is 16.5. The molecule has 2 aromatic rings. The van der Waals surface area contributed by atoms with Crippen LogP contribution in [-0.2, 0) is 6.54 Å². The van der Waals surface area contributed by atoms with Crippen LogP contribution in [0.2, 0.25) is 0 Å². The molecule has 3 aliphatic rings. The van der Waals surface area contributed by atoms with E-state index in [9.17, 15) is 0 Å². The van der Waals surface area contributed by atoms with E-state index in [1.165, 1.54) is 37.3 Å². The molecule has 1 saturated carbocycles. The SMILES string of the molecule is COc1ccc2nc3n(c2c1)CCN1C[C@H]2C[C@@H]3[C@@H]1C2. The molecule has 1 saturated heterocycles. The average Bonchev–Trinajstić information content (AvgIpc) is 3.14. The van der Waals surface area contributed by atoms with Crippen LogP contribution in [0, 0.1) is 5.92 Å². The highest BCUT2D eigenvalue weighted by Crippen LogP contribution is 2.48. The number of hydrogen-bond acceptors (Lipinski definition) is 3. The second-order valence-corrected chi connectivity index (χ2v) is 6.48. The Kier molecular flexibility index (Phi) is 2.09. The maximum atomic E-state index is 5.38. The molecular weight excluding hydrogens is 250 g/mol. The molecule has 2 bridgehead atoms. The van der Waals surface area contributed by atoms with Crippen LogP contribution in [0.25, 0.3) is 11.0 Å². The first-order valence-corrected chi connectivity index (χ1v) is 7.61. The van der Waals surface area contributed by atoms with Gasteiger partial charge in [-0.2, -0.15) is 0 Å². The van der Waals surface area contributed by atoms with Crippen LogP contribution >= 0.6 is 0 Å². The highest BCUT2D eigenvalue weighted by molar-refractivity contribution is 5.78. The Morgan fingerprint density at radius 2 is 2.20 bits per heavy atom. The van der Waals surface area contributed by atoms with Gasteiger partial charge in [-0.05, 0) is 30.9 Å². The maximum Gasteiger partial charge on any atom is 0.121 e. The molecule has 3 heterocycles. The van der Waals surface area contributed by atoms with E-state index in [1.807, 2.05) is 6.07 Å². The van der Waals surface area contributed by atoms with Gasteiger partial charge in [0.25, 0.3) is 0 Å². The number of benzene rings is 1. The summed E-state index contributed by atoms with van der Waals surface area (Å²) < 4.78 is 7.83. The lowest BCUT2D eigenvalue weighted by atomic mass is 9.98. The number of hydrogen-bond donors (Lipinski definition) is 0. The molecule has 2 fully saturated rings. The normalized spacial score (nSPS) is 31.6. The largest absolute Gasteiger partial charge is 0.497 e. The van der Waals surface area contributed by atoms with Crippen LogP contribution in [0.1, 0.15) is 24.6 Å². The Morgan fingerprint density at radius 3 is 3.05 bits per heavy atom. The molecule has 1 aliphatic carbocycles. The minimum Gasteiger partial charge on any atom is -0.497 e. The molecule has 4 nitrogen and oxygen atoms in total. The fourth-order valence-corrected chi connectivity index (χ4v) is 4.67. The van der Waals surface area contributed by atoms with Gasteiger partial charge >= 0.3 is 0 Å². The van der Waals surface area contributed by atoms with Crippen molar-refractivity contribution in [1.82, 2.24) is 14.5 Å². The molecule has 1 aromatic carbocycles. The number of piperidine rings is 1. The van der Waals surface area contributed by atoms with Gasteiger partial charge in [-0.3, -0.25) is 4.90 Å². The van der Waals surface area contributed by atoms with Gasteiger partial charge in [0.05, 0.1) is 18.1 Å². The number of rotatable bonds is 1. The summed E-state index contributed by atoms with van der Waals surface area (Å²) in [7, 11) is 1.73. The van der Waals surface area contributed by atoms with Gasteiger partial charge in [-0.1, -0.05) is 0 Å². The Balaban J connectivity index is 1.71. The summed E-state index contributed by atoms with van der Waals surface area (Å²) in [4.78, 5) is 7.66. The van der Waals surface area contributed by atoms with Crippen molar-refractivity contribution in [2.45, 2.75) is 31.3 Å².